The zero-order valence-electron chi connectivity index (χ0n) is 9.96. The molecule has 1 rings (SSSR count). The van der Waals surface area contributed by atoms with E-state index in [9.17, 15) is 0 Å². The highest BCUT2D eigenvalue weighted by Crippen LogP contribution is 2.33. The average Bonchev–Trinajstić information content (AvgIpc) is 2.27. The second kappa shape index (κ2) is 6.06. The summed E-state index contributed by atoms with van der Waals surface area (Å²) in [5.41, 5.74) is 7.83. The van der Waals surface area contributed by atoms with Crippen LogP contribution >= 0.6 is 15.9 Å². The third kappa shape index (κ3) is 3.09. The van der Waals surface area contributed by atoms with Crippen molar-refractivity contribution in [1.82, 2.24) is 0 Å². The first kappa shape index (κ1) is 13.3. The molecule has 3 heteroatoms. The maximum Gasteiger partial charge on any atom is 0.133 e. The molecule has 0 aliphatic carbocycles. The van der Waals surface area contributed by atoms with Crippen LogP contribution in [0.25, 0.3) is 6.08 Å². The van der Waals surface area contributed by atoms with Crippen molar-refractivity contribution in [2.24, 2.45) is 5.73 Å². The second-order valence-corrected chi connectivity index (χ2v) is 4.71. The standard InChI is InChI=1S/C13H18BrNO/c1-9(2)11-7-10(5-4-6-15)13(14)12(8-11)16-3/h4-5,7-9H,6,15H2,1-3H3/b5-4+. The van der Waals surface area contributed by atoms with Crippen molar-refractivity contribution in [3.8, 4) is 5.75 Å². The van der Waals surface area contributed by atoms with Crippen molar-refractivity contribution in [3.05, 3.63) is 33.8 Å². The van der Waals surface area contributed by atoms with Gasteiger partial charge in [-0.2, -0.15) is 0 Å². The van der Waals surface area contributed by atoms with E-state index in [1.807, 2.05) is 12.2 Å². The van der Waals surface area contributed by atoms with Crippen molar-refractivity contribution < 1.29 is 4.74 Å². The molecule has 0 unspecified atom stereocenters. The van der Waals surface area contributed by atoms with Gasteiger partial charge in [-0.3, -0.25) is 0 Å². The van der Waals surface area contributed by atoms with Gasteiger partial charge in [-0.05, 0) is 39.0 Å². The lowest BCUT2D eigenvalue weighted by atomic mass is 10.00. The third-order valence-electron chi connectivity index (χ3n) is 2.41. The molecule has 0 aromatic heterocycles. The number of methoxy groups -OCH3 is 1. The molecule has 1 aromatic carbocycles. The van der Waals surface area contributed by atoms with Gasteiger partial charge in [0.05, 0.1) is 11.6 Å². The zero-order chi connectivity index (χ0) is 12.1. The summed E-state index contributed by atoms with van der Waals surface area (Å²) in [5, 5.41) is 0. The predicted molar refractivity (Wildman–Crippen MR) is 72.9 cm³/mol. The Kier molecular flexibility index (Phi) is 5.03. The van der Waals surface area contributed by atoms with Gasteiger partial charge in [0.25, 0.3) is 0 Å². The van der Waals surface area contributed by atoms with Gasteiger partial charge in [-0.1, -0.05) is 32.1 Å². The minimum absolute atomic E-state index is 0.479. The van der Waals surface area contributed by atoms with Crippen molar-refractivity contribution in [1.29, 1.82) is 0 Å². The summed E-state index contributed by atoms with van der Waals surface area (Å²) in [6, 6.07) is 4.22. The van der Waals surface area contributed by atoms with E-state index < -0.39 is 0 Å². The molecule has 0 aliphatic rings. The molecule has 0 heterocycles. The maximum atomic E-state index is 5.46. The SMILES string of the molecule is COc1cc(C(C)C)cc(/C=C/CN)c1Br. The van der Waals surface area contributed by atoms with Gasteiger partial charge in [0.2, 0.25) is 0 Å². The molecule has 0 saturated carbocycles. The van der Waals surface area contributed by atoms with Gasteiger partial charge in [0.1, 0.15) is 5.75 Å². The Balaban J connectivity index is 3.24. The number of hydrogen-bond donors (Lipinski definition) is 1. The molecule has 0 atom stereocenters. The highest BCUT2D eigenvalue weighted by atomic mass is 79.9. The lowest BCUT2D eigenvalue weighted by Crippen LogP contribution is -1.95. The summed E-state index contributed by atoms with van der Waals surface area (Å²) in [4.78, 5) is 0. The number of halogens is 1. The Labute approximate surface area is 106 Å². The van der Waals surface area contributed by atoms with Crippen LogP contribution in [0.5, 0.6) is 5.75 Å². The molecule has 0 bridgehead atoms. The van der Waals surface area contributed by atoms with Crippen LogP contribution in [0.4, 0.5) is 0 Å². The highest BCUT2D eigenvalue weighted by molar-refractivity contribution is 9.10. The normalized spacial score (nSPS) is 11.4. The topological polar surface area (TPSA) is 35.2 Å². The van der Waals surface area contributed by atoms with E-state index in [4.69, 9.17) is 10.5 Å². The van der Waals surface area contributed by atoms with E-state index in [-0.39, 0.29) is 0 Å². The van der Waals surface area contributed by atoms with Crippen molar-refractivity contribution >= 4 is 22.0 Å². The fourth-order valence-electron chi connectivity index (χ4n) is 1.44. The number of nitrogens with two attached hydrogens (primary N) is 1. The van der Waals surface area contributed by atoms with E-state index in [1.165, 1.54) is 5.56 Å². The first-order chi connectivity index (χ1) is 7.60. The van der Waals surface area contributed by atoms with Crippen LogP contribution in [-0.4, -0.2) is 13.7 Å². The second-order valence-electron chi connectivity index (χ2n) is 3.92. The molecule has 2 N–H and O–H groups in total. The van der Waals surface area contributed by atoms with Gasteiger partial charge in [-0.15, -0.1) is 0 Å². The van der Waals surface area contributed by atoms with Crippen LogP contribution < -0.4 is 10.5 Å². The molecule has 0 radical (unpaired) electrons. The molecule has 16 heavy (non-hydrogen) atoms. The smallest absolute Gasteiger partial charge is 0.133 e. The summed E-state index contributed by atoms with van der Waals surface area (Å²) in [7, 11) is 1.68. The number of ether oxygens (including phenoxy) is 1. The van der Waals surface area contributed by atoms with Crippen molar-refractivity contribution in [2.45, 2.75) is 19.8 Å². The summed E-state index contributed by atoms with van der Waals surface area (Å²) in [5.74, 6) is 1.34. The summed E-state index contributed by atoms with van der Waals surface area (Å²) in [6.07, 6.45) is 3.95. The zero-order valence-corrected chi connectivity index (χ0v) is 11.5. The number of hydrogen-bond acceptors (Lipinski definition) is 2. The lowest BCUT2D eigenvalue weighted by molar-refractivity contribution is 0.411. The molecule has 88 valence electrons. The molecule has 1 aromatic rings. The Hall–Kier alpha value is -0.800. The third-order valence-corrected chi connectivity index (χ3v) is 3.26. The Morgan fingerprint density at radius 3 is 2.62 bits per heavy atom. The molecule has 0 saturated heterocycles. The first-order valence-corrected chi connectivity index (χ1v) is 6.13. The van der Waals surface area contributed by atoms with Crippen molar-refractivity contribution in [3.63, 3.8) is 0 Å². The van der Waals surface area contributed by atoms with E-state index in [0.717, 1.165) is 15.8 Å². The van der Waals surface area contributed by atoms with Gasteiger partial charge in [-0.25, -0.2) is 0 Å². The highest BCUT2D eigenvalue weighted by Gasteiger charge is 2.09. The number of rotatable bonds is 4. The summed E-state index contributed by atoms with van der Waals surface area (Å²) < 4.78 is 6.32. The summed E-state index contributed by atoms with van der Waals surface area (Å²) >= 11 is 3.54. The van der Waals surface area contributed by atoms with Crippen LogP contribution in [0.15, 0.2) is 22.7 Å². The lowest BCUT2D eigenvalue weighted by Gasteiger charge is -2.12. The van der Waals surface area contributed by atoms with Crippen molar-refractivity contribution in [2.75, 3.05) is 13.7 Å². The monoisotopic (exact) mass is 283 g/mol. The molecular formula is C13H18BrNO. The quantitative estimate of drug-likeness (QED) is 0.917. The predicted octanol–water partition coefficient (Wildman–Crippen LogP) is 3.55. The molecule has 2 nitrogen and oxygen atoms in total. The largest absolute Gasteiger partial charge is 0.496 e. The summed E-state index contributed by atoms with van der Waals surface area (Å²) in [6.45, 7) is 4.87. The molecule has 0 spiro atoms. The minimum atomic E-state index is 0.479. The van der Waals surface area contributed by atoms with Gasteiger partial charge in [0, 0.05) is 6.54 Å². The van der Waals surface area contributed by atoms with Crippen LogP contribution in [0.2, 0.25) is 0 Å². The average molecular weight is 284 g/mol. The van der Waals surface area contributed by atoms with Crippen LogP contribution in [0, 0.1) is 0 Å². The van der Waals surface area contributed by atoms with Gasteiger partial charge < -0.3 is 10.5 Å². The van der Waals surface area contributed by atoms with E-state index >= 15 is 0 Å². The Bertz CT molecular complexity index is 386. The molecular weight excluding hydrogens is 266 g/mol. The van der Waals surface area contributed by atoms with Crippen LogP contribution in [0.3, 0.4) is 0 Å². The van der Waals surface area contributed by atoms with E-state index in [0.29, 0.717) is 12.5 Å². The fraction of sp³-hybridized carbons (Fsp3) is 0.385. The number of benzene rings is 1. The maximum absolute atomic E-state index is 5.46. The first-order valence-electron chi connectivity index (χ1n) is 5.34. The molecule has 0 aliphatic heterocycles. The van der Waals surface area contributed by atoms with Gasteiger partial charge in [0.15, 0.2) is 0 Å². The Morgan fingerprint density at radius 1 is 1.44 bits per heavy atom. The fourth-order valence-corrected chi connectivity index (χ4v) is 1.96. The van der Waals surface area contributed by atoms with E-state index in [1.54, 1.807) is 7.11 Å². The van der Waals surface area contributed by atoms with Crippen LogP contribution in [0.1, 0.15) is 30.9 Å². The van der Waals surface area contributed by atoms with E-state index in [2.05, 4.69) is 41.9 Å². The minimum Gasteiger partial charge on any atom is -0.496 e. The Morgan fingerprint density at radius 2 is 2.12 bits per heavy atom. The van der Waals surface area contributed by atoms with Crippen LogP contribution in [-0.2, 0) is 0 Å². The molecule has 0 amide bonds. The van der Waals surface area contributed by atoms with Gasteiger partial charge >= 0.3 is 0 Å². The molecule has 0 fully saturated rings.